The second-order valence-corrected chi connectivity index (χ2v) is 6.39. The van der Waals surface area contributed by atoms with Crippen molar-refractivity contribution < 1.29 is 14.4 Å². The number of benzene rings is 1. The highest BCUT2D eigenvalue weighted by atomic mass is 35.5. The van der Waals surface area contributed by atoms with Gasteiger partial charge in [-0.25, -0.2) is 0 Å². The Morgan fingerprint density at radius 2 is 2.29 bits per heavy atom. The molecule has 0 radical (unpaired) electrons. The van der Waals surface area contributed by atoms with E-state index < -0.39 is 0 Å². The van der Waals surface area contributed by atoms with Gasteiger partial charge in [0.1, 0.15) is 5.75 Å². The number of hydrogen-bond donors (Lipinski definition) is 2. The van der Waals surface area contributed by atoms with Crippen molar-refractivity contribution in [3.63, 3.8) is 0 Å². The molecule has 1 aliphatic rings. The van der Waals surface area contributed by atoms with Gasteiger partial charge < -0.3 is 15.0 Å². The third-order valence-corrected chi connectivity index (χ3v) is 4.44. The quantitative estimate of drug-likeness (QED) is 0.892. The second kappa shape index (κ2) is 7.14. The van der Waals surface area contributed by atoms with E-state index in [9.17, 15) is 4.79 Å². The number of amides is 1. The normalized spacial score (nSPS) is 21.9. The van der Waals surface area contributed by atoms with Crippen molar-refractivity contribution in [2.45, 2.75) is 26.7 Å². The Morgan fingerprint density at radius 3 is 2.95 bits per heavy atom. The smallest absolute Gasteiger partial charge is 0.279 e. The van der Waals surface area contributed by atoms with Gasteiger partial charge in [-0.1, -0.05) is 18.5 Å². The van der Waals surface area contributed by atoms with Crippen LogP contribution >= 0.6 is 11.6 Å². The molecule has 1 unspecified atom stereocenters. The first-order chi connectivity index (χ1) is 9.99. The second-order valence-electron chi connectivity index (χ2n) is 5.98. The van der Waals surface area contributed by atoms with Crippen LogP contribution in [0.15, 0.2) is 12.1 Å². The van der Waals surface area contributed by atoms with E-state index in [1.807, 2.05) is 13.0 Å². The lowest BCUT2D eigenvalue weighted by Gasteiger charge is -2.27. The molecule has 1 aromatic rings. The molecule has 1 aliphatic heterocycles. The number of carbonyl (C=O) groups is 1. The average molecular weight is 312 g/mol. The highest BCUT2D eigenvalue weighted by molar-refractivity contribution is 6.31. The molecule has 116 valence electrons. The van der Waals surface area contributed by atoms with Crippen LogP contribution in [0.1, 0.15) is 25.3 Å². The van der Waals surface area contributed by atoms with Crippen LogP contribution in [0, 0.1) is 12.8 Å². The molecule has 0 saturated carbocycles. The summed E-state index contributed by atoms with van der Waals surface area (Å²) in [6, 6.07) is 3.59. The van der Waals surface area contributed by atoms with Crippen LogP contribution < -0.4 is 15.0 Å². The molecule has 1 saturated heterocycles. The molecule has 1 heterocycles. The molecule has 2 N–H and O–H groups in total. The van der Waals surface area contributed by atoms with Crippen molar-refractivity contribution in [1.29, 1.82) is 0 Å². The predicted molar refractivity (Wildman–Crippen MR) is 85.3 cm³/mol. The fourth-order valence-electron chi connectivity index (χ4n) is 2.91. The summed E-state index contributed by atoms with van der Waals surface area (Å²) in [4.78, 5) is 13.6. The Labute approximate surface area is 131 Å². The van der Waals surface area contributed by atoms with Gasteiger partial charge in [-0.05, 0) is 31.4 Å². The van der Waals surface area contributed by atoms with Gasteiger partial charge in [0, 0.05) is 17.0 Å². The van der Waals surface area contributed by atoms with E-state index in [2.05, 4.69) is 12.2 Å². The van der Waals surface area contributed by atoms with Crippen LogP contribution in [0.5, 0.6) is 5.75 Å². The zero-order chi connectivity index (χ0) is 15.4. The highest BCUT2D eigenvalue weighted by Crippen LogP contribution is 2.30. The Morgan fingerprint density at radius 1 is 1.52 bits per heavy atom. The summed E-state index contributed by atoms with van der Waals surface area (Å²) in [7, 11) is 1.58. The van der Waals surface area contributed by atoms with E-state index in [-0.39, 0.29) is 5.91 Å². The third kappa shape index (κ3) is 4.35. The number of methoxy groups -OCH3 is 1. The molecule has 0 aromatic heterocycles. The predicted octanol–water partition coefficient (Wildman–Crippen LogP) is 1.91. The number of nitrogens with one attached hydrogen (secondary N) is 2. The van der Waals surface area contributed by atoms with Crippen molar-refractivity contribution in [1.82, 2.24) is 0 Å². The monoisotopic (exact) mass is 311 g/mol. The summed E-state index contributed by atoms with van der Waals surface area (Å²) < 4.78 is 5.28. The van der Waals surface area contributed by atoms with Gasteiger partial charge in [0.15, 0.2) is 6.54 Å². The van der Waals surface area contributed by atoms with Crippen molar-refractivity contribution >= 4 is 23.2 Å². The van der Waals surface area contributed by atoms with E-state index in [1.165, 1.54) is 17.7 Å². The van der Waals surface area contributed by atoms with Gasteiger partial charge in [-0.3, -0.25) is 4.79 Å². The Bertz CT molecular complexity index is 519. The fourth-order valence-corrected chi connectivity index (χ4v) is 3.06. The fraction of sp³-hybridized carbons (Fsp3) is 0.562. The number of ether oxygens (including phenoxy) is 1. The Balaban J connectivity index is 2.00. The lowest BCUT2D eigenvalue weighted by molar-refractivity contribution is -0.900. The minimum atomic E-state index is 0.0270. The largest absolute Gasteiger partial charge is 0.495 e. The van der Waals surface area contributed by atoms with Crippen molar-refractivity contribution in [2.24, 2.45) is 5.92 Å². The van der Waals surface area contributed by atoms with Crippen LogP contribution in [0.25, 0.3) is 0 Å². The SMILES string of the molecule is COc1cc(Cl)c(C)cc1NC(=O)C[NH+]1CCC[C@@H](C)C1. The maximum atomic E-state index is 12.2. The van der Waals surface area contributed by atoms with E-state index in [0.717, 1.165) is 18.7 Å². The van der Waals surface area contributed by atoms with Gasteiger partial charge >= 0.3 is 0 Å². The number of piperidine rings is 1. The summed E-state index contributed by atoms with van der Waals surface area (Å²) in [6.45, 7) is 6.82. The van der Waals surface area contributed by atoms with Crippen molar-refractivity contribution in [3.8, 4) is 5.75 Å². The van der Waals surface area contributed by atoms with Crippen LogP contribution in [-0.4, -0.2) is 32.7 Å². The van der Waals surface area contributed by atoms with Gasteiger partial charge in [0.05, 0.1) is 25.9 Å². The number of likely N-dealkylation sites (tertiary alicyclic amines) is 1. The molecule has 0 spiro atoms. The minimum Gasteiger partial charge on any atom is -0.495 e. The van der Waals surface area contributed by atoms with Crippen LogP contribution in [0.4, 0.5) is 5.69 Å². The molecule has 1 fully saturated rings. The van der Waals surface area contributed by atoms with E-state index in [1.54, 1.807) is 13.2 Å². The van der Waals surface area contributed by atoms with Crippen molar-refractivity contribution in [3.05, 3.63) is 22.7 Å². The number of aryl methyl sites for hydroxylation is 1. The molecule has 1 amide bonds. The van der Waals surface area contributed by atoms with Crippen LogP contribution in [-0.2, 0) is 4.79 Å². The lowest BCUT2D eigenvalue weighted by Crippen LogP contribution is -3.14. The molecule has 0 bridgehead atoms. The Kier molecular flexibility index (Phi) is 5.48. The van der Waals surface area contributed by atoms with Crippen LogP contribution in [0.2, 0.25) is 5.02 Å². The summed E-state index contributed by atoms with van der Waals surface area (Å²) in [6.07, 6.45) is 2.47. The number of anilines is 1. The van der Waals surface area contributed by atoms with Gasteiger partial charge in [-0.2, -0.15) is 0 Å². The minimum absolute atomic E-state index is 0.0270. The maximum Gasteiger partial charge on any atom is 0.279 e. The first-order valence-electron chi connectivity index (χ1n) is 7.47. The first kappa shape index (κ1) is 16.1. The lowest BCUT2D eigenvalue weighted by atomic mass is 10.0. The summed E-state index contributed by atoms with van der Waals surface area (Å²) in [5, 5.41) is 3.59. The number of hydrogen-bond acceptors (Lipinski definition) is 2. The standard InChI is InChI=1S/C16H23ClN2O2/c1-11-5-4-6-19(9-11)10-16(20)18-14-7-12(2)13(17)8-15(14)21-3/h7-8,11H,4-6,9-10H2,1-3H3,(H,18,20)/p+1/t11-/m1/s1. The molecular weight excluding hydrogens is 288 g/mol. The highest BCUT2D eigenvalue weighted by Gasteiger charge is 2.22. The molecule has 0 aliphatic carbocycles. The van der Waals surface area contributed by atoms with Gasteiger partial charge in [-0.15, -0.1) is 0 Å². The summed E-state index contributed by atoms with van der Waals surface area (Å²) in [5.41, 5.74) is 1.61. The number of rotatable bonds is 4. The molecule has 21 heavy (non-hydrogen) atoms. The molecular formula is C16H24ClN2O2+. The molecule has 2 rings (SSSR count). The summed E-state index contributed by atoms with van der Waals surface area (Å²) in [5.74, 6) is 1.33. The molecule has 5 heteroatoms. The Hall–Kier alpha value is -1.26. The zero-order valence-corrected chi connectivity index (χ0v) is 13.7. The van der Waals surface area contributed by atoms with E-state index in [4.69, 9.17) is 16.3 Å². The summed E-state index contributed by atoms with van der Waals surface area (Å²) >= 11 is 6.08. The first-order valence-corrected chi connectivity index (χ1v) is 7.85. The molecule has 1 aromatic carbocycles. The van der Waals surface area contributed by atoms with E-state index in [0.29, 0.717) is 28.9 Å². The molecule has 2 atom stereocenters. The maximum absolute atomic E-state index is 12.2. The zero-order valence-electron chi connectivity index (χ0n) is 13.0. The van der Waals surface area contributed by atoms with Crippen LogP contribution in [0.3, 0.4) is 0 Å². The number of halogens is 1. The van der Waals surface area contributed by atoms with Crippen molar-refractivity contribution in [2.75, 3.05) is 32.1 Å². The number of quaternary nitrogens is 1. The average Bonchev–Trinajstić information content (AvgIpc) is 2.42. The van der Waals surface area contributed by atoms with Gasteiger partial charge in [0.25, 0.3) is 5.91 Å². The molecule has 4 nitrogen and oxygen atoms in total. The topological polar surface area (TPSA) is 42.8 Å². The number of carbonyl (C=O) groups excluding carboxylic acids is 1. The van der Waals surface area contributed by atoms with Gasteiger partial charge in [0.2, 0.25) is 0 Å². The van der Waals surface area contributed by atoms with E-state index >= 15 is 0 Å². The third-order valence-electron chi connectivity index (χ3n) is 4.03.